The van der Waals surface area contributed by atoms with Gasteiger partial charge in [0, 0.05) is 19.7 Å². The highest BCUT2D eigenvalue weighted by Crippen LogP contribution is 1.90. The third-order valence-electron chi connectivity index (χ3n) is 1.50. The van der Waals surface area contributed by atoms with Crippen LogP contribution in [0.4, 0.5) is 0 Å². The zero-order valence-electron chi connectivity index (χ0n) is 7.67. The molecule has 0 aliphatic heterocycles. The van der Waals surface area contributed by atoms with Crippen LogP contribution in [0, 0.1) is 5.92 Å². The van der Waals surface area contributed by atoms with E-state index in [4.69, 9.17) is 9.84 Å². The van der Waals surface area contributed by atoms with Crippen molar-refractivity contribution in [1.29, 1.82) is 0 Å². The highest BCUT2D eigenvalue weighted by atomic mass is 16.5. The van der Waals surface area contributed by atoms with Crippen molar-refractivity contribution in [3.63, 3.8) is 0 Å². The first-order valence-corrected chi connectivity index (χ1v) is 4.19. The minimum absolute atomic E-state index is 0.327. The molecule has 0 heterocycles. The van der Waals surface area contributed by atoms with Crippen LogP contribution < -0.4 is 5.32 Å². The predicted molar refractivity (Wildman–Crippen MR) is 46.2 cm³/mol. The van der Waals surface area contributed by atoms with Crippen molar-refractivity contribution in [2.75, 3.05) is 26.3 Å². The van der Waals surface area contributed by atoms with E-state index in [9.17, 15) is 4.79 Å². The van der Waals surface area contributed by atoms with Gasteiger partial charge in [-0.1, -0.05) is 6.92 Å². The number of hydrogen-bond acceptors (Lipinski definition) is 3. The first-order valence-electron chi connectivity index (χ1n) is 4.19. The van der Waals surface area contributed by atoms with E-state index in [1.165, 1.54) is 0 Å². The molecule has 0 saturated carbocycles. The number of carboxylic acids is 1. The second-order valence-electron chi connectivity index (χ2n) is 2.64. The Bertz CT molecular complexity index is 127. The Balaban J connectivity index is 3.14. The summed E-state index contributed by atoms with van der Waals surface area (Å²) in [5, 5.41) is 11.5. The number of carbonyl (C=O) groups is 1. The summed E-state index contributed by atoms with van der Waals surface area (Å²) in [5.41, 5.74) is 0. The lowest BCUT2D eigenvalue weighted by Crippen LogP contribution is -2.28. The molecule has 4 nitrogen and oxygen atoms in total. The van der Waals surface area contributed by atoms with Crippen molar-refractivity contribution in [2.45, 2.75) is 13.8 Å². The molecule has 0 fully saturated rings. The highest BCUT2D eigenvalue weighted by Gasteiger charge is 2.08. The summed E-state index contributed by atoms with van der Waals surface area (Å²) in [6, 6.07) is 0. The first kappa shape index (κ1) is 11.4. The SMILES string of the molecule is CCOCCNCC(C)C(=O)O. The number of aliphatic carboxylic acids is 1. The van der Waals surface area contributed by atoms with Crippen LogP contribution >= 0.6 is 0 Å². The molecule has 72 valence electrons. The van der Waals surface area contributed by atoms with Gasteiger partial charge in [0.25, 0.3) is 0 Å². The Labute approximate surface area is 72.9 Å². The van der Waals surface area contributed by atoms with E-state index in [1.807, 2.05) is 6.92 Å². The molecule has 1 atom stereocenters. The maximum absolute atomic E-state index is 10.3. The molecule has 0 aliphatic carbocycles. The molecular weight excluding hydrogens is 158 g/mol. The van der Waals surface area contributed by atoms with Crippen LogP contribution in [0.3, 0.4) is 0 Å². The van der Waals surface area contributed by atoms with Crippen LogP contribution in [-0.2, 0) is 9.53 Å². The number of hydrogen-bond donors (Lipinski definition) is 2. The predicted octanol–water partition coefficient (Wildman–Crippen LogP) is 0.333. The Morgan fingerprint density at radius 1 is 1.67 bits per heavy atom. The lowest BCUT2D eigenvalue weighted by atomic mass is 10.2. The Morgan fingerprint density at radius 2 is 2.33 bits per heavy atom. The summed E-state index contributed by atoms with van der Waals surface area (Å²) in [6.07, 6.45) is 0. The summed E-state index contributed by atoms with van der Waals surface area (Å²) in [5.74, 6) is -1.09. The van der Waals surface area contributed by atoms with Gasteiger partial charge in [-0.05, 0) is 6.92 Å². The quantitative estimate of drug-likeness (QED) is 0.547. The van der Waals surface area contributed by atoms with Gasteiger partial charge in [-0.2, -0.15) is 0 Å². The van der Waals surface area contributed by atoms with Gasteiger partial charge >= 0.3 is 5.97 Å². The van der Waals surface area contributed by atoms with Crippen molar-refractivity contribution in [2.24, 2.45) is 5.92 Å². The van der Waals surface area contributed by atoms with Gasteiger partial charge in [-0.25, -0.2) is 0 Å². The standard InChI is InChI=1S/C8H17NO3/c1-3-12-5-4-9-6-7(2)8(10)11/h7,9H,3-6H2,1-2H3,(H,10,11). The average Bonchev–Trinajstić information content (AvgIpc) is 2.03. The van der Waals surface area contributed by atoms with E-state index in [1.54, 1.807) is 6.92 Å². The molecule has 0 aliphatic rings. The molecule has 0 radical (unpaired) electrons. The topological polar surface area (TPSA) is 58.6 Å². The zero-order chi connectivity index (χ0) is 9.40. The highest BCUT2D eigenvalue weighted by molar-refractivity contribution is 5.69. The molecule has 1 unspecified atom stereocenters. The molecule has 4 heteroatoms. The second kappa shape index (κ2) is 7.06. The molecule has 0 aromatic rings. The largest absolute Gasteiger partial charge is 0.481 e. The van der Waals surface area contributed by atoms with Crippen LogP contribution in [0.15, 0.2) is 0 Å². The molecule has 0 amide bonds. The first-order chi connectivity index (χ1) is 5.68. The van der Waals surface area contributed by atoms with E-state index >= 15 is 0 Å². The van der Waals surface area contributed by atoms with Crippen molar-refractivity contribution in [3.8, 4) is 0 Å². The summed E-state index contributed by atoms with van der Waals surface area (Å²) >= 11 is 0. The van der Waals surface area contributed by atoms with Gasteiger partial charge < -0.3 is 15.2 Å². The summed E-state index contributed by atoms with van der Waals surface area (Å²) in [7, 11) is 0. The van der Waals surface area contributed by atoms with Crippen molar-refractivity contribution < 1.29 is 14.6 Å². The van der Waals surface area contributed by atoms with Crippen LogP contribution in [0.1, 0.15) is 13.8 Å². The Hall–Kier alpha value is -0.610. The molecule has 2 N–H and O–H groups in total. The van der Waals surface area contributed by atoms with E-state index in [0.717, 1.165) is 0 Å². The van der Waals surface area contributed by atoms with Crippen LogP contribution in [0.2, 0.25) is 0 Å². The zero-order valence-corrected chi connectivity index (χ0v) is 7.67. The van der Waals surface area contributed by atoms with E-state index in [-0.39, 0.29) is 5.92 Å². The molecule has 0 aromatic heterocycles. The smallest absolute Gasteiger partial charge is 0.307 e. The lowest BCUT2D eigenvalue weighted by molar-refractivity contribution is -0.140. The van der Waals surface area contributed by atoms with Gasteiger partial charge in [0.1, 0.15) is 0 Å². The van der Waals surface area contributed by atoms with Crippen molar-refractivity contribution in [3.05, 3.63) is 0 Å². The normalized spacial score (nSPS) is 12.8. The maximum atomic E-state index is 10.3. The third-order valence-corrected chi connectivity index (χ3v) is 1.50. The molecule has 0 bridgehead atoms. The van der Waals surface area contributed by atoms with E-state index in [2.05, 4.69) is 5.32 Å². The fourth-order valence-corrected chi connectivity index (χ4v) is 0.695. The van der Waals surface area contributed by atoms with Crippen LogP contribution in [0.25, 0.3) is 0 Å². The van der Waals surface area contributed by atoms with Gasteiger partial charge in [-0.15, -0.1) is 0 Å². The van der Waals surface area contributed by atoms with Crippen LogP contribution in [-0.4, -0.2) is 37.4 Å². The summed E-state index contributed by atoms with van der Waals surface area (Å²) in [4.78, 5) is 10.3. The average molecular weight is 175 g/mol. The minimum Gasteiger partial charge on any atom is -0.481 e. The molecule has 0 saturated heterocycles. The fraction of sp³-hybridized carbons (Fsp3) is 0.875. The van der Waals surface area contributed by atoms with E-state index in [0.29, 0.717) is 26.3 Å². The molecular formula is C8H17NO3. The molecule has 0 aromatic carbocycles. The summed E-state index contributed by atoms with van der Waals surface area (Å²) < 4.78 is 5.07. The van der Waals surface area contributed by atoms with Crippen molar-refractivity contribution >= 4 is 5.97 Å². The number of rotatable bonds is 7. The number of ether oxygens (including phenoxy) is 1. The number of carboxylic acid groups (broad SMARTS) is 1. The minimum atomic E-state index is -0.765. The molecule has 12 heavy (non-hydrogen) atoms. The Morgan fingerprint density at radius 3 is 2.83 bits per heavy atom. The van der Waals surface area contributed by atoms with E-state index < -0.39 is 5.97 Å². The fourth-order valence-electron chi connectivity index (χ4n) is 0.695. The summed E-state index contributed by atoms with van der Waals surface area (Å²) in [6.45, 7) is 6.17. The monoisotopic (exact) mass is 175 g/mol. The third kappa shape index (κ3) is 6.12. The van der Waals surface area contributed by atoms with Gasteiger partial charge in [-0.3, -0.25) is 4.79 Å². The van der Waals surface area contributed by atoms with Gasteiger partial charge in [0.05, 0.1) is 12.5 Å². The molecule has 0 spiro atoms. The maximum Gasteiger partial charge on any atom is 0.307 e. The lowest BCUT2D eigenvalue weighted by Gasteiger charge is -2.07. The van der Waals surface area contributed by atoms with Gasteiger partial charge in [0.15, 0.2) is 0 Å². The van der Waals surface area contributed by atoms with Crippen molar-refractivity contribution in [1.82, 2.24) is 5.32 Å². The molecule has 0 rings (SSSR count). The van der Waals surface area contributed by atoms with Crippen LogP contribution in [0.5, 0.6) is 0 Å². The van der Waals surface area contributed by atoms with Gasteiger partial charge in [0.2, 0.25) is 0 Å². The Kier molecular flexibility index (Phi) is 6.70. The second-order valence-corrected chi connectivity index (χ2v) is 2.64. The number of nitrogens with one attached hydrogen (secondary N) is 1.